The van der Waals surface area contributed by atoms with Crippen molar-refractivity contribution >= 4 is 39.4 Å². The van der Waals surface area contributed by atoms with Crippen molar-refractivity contribution in [3.63, 3.8) is 0 Å². The van der Waals surface area contributed by atoms with Gasteiger partial charge in [0.15, 0.2) is 6.61 Å². The van der Waals surface area contributed by atoms with Gasteiger partial charge in [-0.05, 0) is 70.3 Å². The van der Waals surface area contributed by atoms with Crippen molar-refractivity contribution in [1.29, 1.82) is 0 Å². The fraction of sp³-hybridized carbons (Fsp3) is 0.294. The lowest BCUT2D eigenvalue weighted by molar-refractivity contribution is -0.123. The van der Waals surface area contributed by atoms with E-state index in [2.05, 4.69) is 32.5 Å². The van der Waals surface area contributed by atoms with Crippen molar-refractivity contribution in [3.05, 3.63) is 50.1 Å². The van der Waals surface area contributed by atoms with Gasteiger partial charge in [-0.1, -0.05) is 12.1 Å². The van der Waals surface area contributed by atoms with E-state index in [1.54, 1.807) is 17.6 Å². The minimum absolute atomic E-state index is 0.0564. The van der Waals surface area contributed by atoms with E-state index in [-0.39, 0.29) is 12.5 Å². The lowest BCUT2D eigenvalue weighted by Gasteiger charge is -2.19. The summed E-state index contributed by atoms with van der Waals surface area (Å²) in [4.78, 5) is 12.8. The lowest BCUT2D eigenvalue weighted by Crippen LogP contribution is -2.24. The monoisotopic (exact) mass is 392 g/mol. The highest BCUT2D eigenvalue weighted by Gasteiger charge is 2.16. The van der Waals surface area contributed by atoms with Gasteiger partial charge < -0.3 is 4.74 Å². The first kappa shape index (κ1) is 16.2. The van der Waals surface area contributed by atoms with Crippen LogP contribution in [0.3, 0.4) is 0 Å². The molecule has 1 aliphatic rings. The Morgan fingerprint density at radius 3 is 3.04 bits per heavy atom. The second kappa shape index (κ2) is 7.75. The Hall–Kier alpha value is -1.66. The molecule has 0 aliphatic heterocycles. The van der Waals surface area contributed by atoms with E-state index in [1.165, 1.54) is 24.0 Å². The third kappa shape index (κ3) is 4.20. The van der Waals surface area contributed by atoms with Crippen molar-refractivity contribution in [2.75, 3.05) is 6.61 Å². The van der Waals surface area contributed by atoms with Crippen LogP contribution in [-0.4, -0.2) is 18.7 Å². The smallest absolute Gasteiger partial charge is 0.277 e. The molecule has 3 rings (SSSR count). The number of fused-ring (bicyclic) bond motifs is 1. The van der Waals surface area contributed by atoms with Crippen LogP contribution in [0.15, 0.2) is 39.2 Å². The normalized spacial score (nSPS) is 13.8. The van der Waals surface area contributed by atoms with E-state index >= 15 is 0 Å². The number of amides is 1. The number of ether oxygens (including phenoxy) is 1. The zero-order valence-electron chi connectivity index (χ0n) is 12.5. The minimum Gasteiger partial charge on any atom is -0.483 e. The number of hydrazone groups is 1. The number of halogens is 1. The molecule has 1 amide bonds. The van der Waals surface area contributed by atoms with Crippen LogP contribution in [0, 0.1) is 0 Å². The highest BCUT2D eigenvalue weighted by Crippen LogP contribution is 2.35. The summed E-state index contributed by atoms with van der Waals surface area (Å²) in [6, 6.07) is 7.89. The maximum absolute atomic E-state index is 11.8. The second-order valence-corrected chi connectivity index (χ2v) is 7.09. The Morgan fingerprint density at radius 2 is 2.22 bits per heavy atom. The molecule has 0 spiro atoms. The largest absolute Gasteiger partial charge is 0.483 e. The molecule has 1 aliphatic carbocycles. The van der Waals surface area contributed by atoms with Crippen molar-refractivity contribution in [2.45, 2.75) is 25.7 Å². The average molecular weight is 393 g/mol. The van der Waals surface area contributed by atoms with Gasteiger partial charge in [0.25, 0.3) is 5.91 Å². The minimum atomic E-state index is -0.276. The molecule has 4 nitrogen and oxygen atoms in total. The van der Waals surface area contributed by atoms with E-state index in [4.69, 9.17) is 4.74 Å². The molecular weight excluding hydrogens is 376 g/mol. The summed E-state index contributed by atoms with van der Waals surface area (Å²) < 4.78 is 6.60. The van der Waals surface area contributed by atoms with E-state index in [0.717, 1.165) is 22.2 Å². The summed E-state index contributed by atoms with van der Waals surface area (Å²) in [7, 11) is 0. The molecule has 0 bridgehead atoms. The van der Waals surface area contributed by atoms with Gasteiger partial charge in [-0.15, -0.1) is 11.3 Å². The van der Waals surface area contributed by atoms with Gasteiger partial charge >= 0.3 is 0 Å². The average Bonchev–Trinajstić information content (AvgIpc) is 3.08. The molecule has 0 atom stereocenters. The van der Waals surface area contributed by atoms with Gasteiger partial charge in [-0.25, -0.2) is 5.43 Å². The fourth-order valence-electron chi connectivity index (χ4n) is 2.58. The van der Waals surface area contributed by atoms with Crippen LogP contribution >= 0.6 is 27.3 Å². The highest BCUT2D eigenvalue weighted by molar-refractivity contribution is 9.10. The summed E-state index contributed by atoms with van der Waals surface area (Å²) in [6.07, 6.45) is 6.24. The molecule has 0 unspecified atom stereocenters. The maximum Gasteiger partial charge on any atom is 0.277 e. The van der Waals surface area contributed by atoms with Crippen LogP contribution in [0.25, 0.3) is 0 Å². The van der Waals surface area contributed by atoms with Crippen LogP contribution in [-0.2, 0) is 17.6 Å². The van der Waals surface area contributed by atoms with Crippen molar-refractivity contribution in [1.82, 2.24) is 5.43 Å². The number of rotatable bonds is 5. The van der Waals surface area contributed by atoms with Gasteiger partial charge in [-0.3, -0.25) is 4.79 Å². The number of carbonyl (C=O) groups is 1. The first-order valence-electron chi connectivity index (χ1n) is 7.52. The van der Waals surface area contributed by atoms with E-state index in [1.807, 2.05) is 23.6 Å². The van der Waals surface area contributed by atoms with Gasteiger partial charge in [-0.2, -0.15) is 5.10 Å². The molecule has 1 aromatic carbocycles. The Kier molecular flexibility index (Phi) is 5.46. The molecule has 120 valence electrons. The summed E-state index contributed by atoms with van der Waals surface area (Å²) in [6.45, 7) is -0.0564. The topological polar surface area (TPSA) is 50.7 Å². The molecule has 0 radical (unpaired) electrons. The molecule has 2 aromatic rings. The van der Waals surface area contributed by atoms with Gasteiger partial charge in [0, 0.05) is 4.88 Å². The van der Waals surface area contributed by atoms with Crippen molar-refractivity contribution < 1.29 is 9.53 Å². The second-order valence-electron chi connectivity index (χ2n) is 5.32. The van der Waals surface area contributed by atoms with Crippen LogP contribution < -0.4 is 10.2 Å². The summed E-state index contributed by atoms with van der Waals surface area (Å²) >= 11 is 5.17. The maximum atomic E-state index is 11.8. The Balaban J connectivity index is 1.55. The summed E-state index contributed by atoms with van der Waals surface area (Å²) in [5.74, 6) is 0.436. The predicted molar refractivity (Wildman–Crippen MR) is 96.3 cm³/mol. The number of benzene rings is 1. The molecule has 0 fully saturated rings. The van der Waals surface area contributed by atoms with Crippen LogP contribution in [0.2, 0.25) is 0 Å². The molecule has 0 saturated heterocycles. The third-order valence-corrected chi connectivity index (χ3v) is 5.39. The Labute approximate surface area is 147 Å². The first-order valence-corrected chi connectivity index (χ1v) is 9.20. The van der Waals surface area contributed by atoms with E-state index in [0.29, 0.717) is 5.75 Å². The molecule has 1 heterocycles. The SMILES string of the molecule is O=C(COc1ccc2c(c1Br)CCCC2)N/N=C/c1cccs1. The van der Waals surface area contributed by atoms with Crippen molar-refractivity contribution in [2.24, 2.45) is 5.10 Å². The van der Waals surface area contributed by atoms with E-state index in [9.17, 15) is 4.79 Å². The Morgan fingerprint density at radius 1 is 1.35 bits per heavy atom. The standard InChI is InChI=1S/C17H17BrN2O2S/c18-17-14-6-2-1-4-12(14)7-8-15(17)22-11-16(21)20-19-10-13-5-3-9-23-13/h3,5,7-10H,1-2,4,6,11H2,(H,20,21)/b19-10+. The van der Waals surface area contributed by atoms with Crippen LogP contribution in [0.4, 0.5) is 0 Å². The molecule has 1 N–H and O–H groups in total. The quantitative estimate of drug-likeness (QED) is 0.619. The molecule has 6 heteroatoms. The van der Waals surface area contributed by atoms with Crippen molar-refractivity contribution in [3.8, 4) is 5.75 Å². The molecule has 0 saturated carbocycles. The molecular formula is C17H17BrN2O2S. The number of thiophene rings is 1. The lowest BCUT2D eigenvalue weighted by atomic mass is 9.92. The number of carbonyl (C=O) groups excluding carboxylic acids is 1. The number of hydrogen-bond acceptors (Lipinski definition) is 4. The number of nitrogens with zero attached hydrogens (tertiary/aromatic N) is 1. The van der Waals surface area contributed by atoms with Gasteiger partial charge in [0.05, 0.1) is 10.7 Å². The third-order valence-electron chi connectivity index (χ3n) is 3.71. The zero-order valence-corrected chi connectivity index (χ0v) is 15.0. The molecule has 23 heavy (non-hydrogen) atoms. The summed E-state index contributed by atoms with van der Waals surface area (Å²) in [5, 5.41) is 5.87. The number of hydrogen-bond donors (Lipinski definition) is 1. The predicted octanol–water partition coefficient (Wildman–Crippen LogP) is 3.92. The zero-order chi connectivity index (χ0) is 16.1. The van der Waals surface area contributed by atoms with Gasteiger partial charge in [0.2, 0.25) is 0 Å². The summed E-state index contributed by atoms with van der Waals surface area (Å²) in [5.41, 5.74) is 5.16. The fourth-order valence-corrected chi connectivity index (χ4v) is 3.87. The number of aryl methyl sites for hydroxylation is 1. The molecule has 1 aromatic heterocycles. The van der Waals surface area contributed by atoms with Crippen LogP contribution in [0.5, 0.6) is 5.75 Å². The van der Waals surface area contributed by atoms with Gasteiger partial charge in [0.1, 0.15) is 5.75 Å². The van der Waals surface area contributed by atoms with E-state index < -0.39 is 0 Å². The number of nitrogens with one attached hydrogen (secondary N) is 1. The van der Waals surface area contributed by atoms with Crippen LogP contribution in [0.1, 0.15) is 28.8 Å². The first-order chi connectivity index (χ1) is 11.2. The highest BCUT2D eigenvalue weighted by atomic mass is 79.9. The Bertz CT molecular complexity index is 714.